The van der Waals surface area contributed by atoms with Crippen LogP contribution < -0.4 is 11.3 Å². The fourth-order valence-corrected chi connectivity index (χ4v) is 2.85. The van der Waals surface area contributed by atoms with E-state index in [1.54, 1.807) is 6.20 Å². The van der Waals surface area contributed by atoms with E-state index in [0.29, 0.717) is 0 Å². The van der Waals surface area contributed by atoms with Gasteiger partial charge in [-0.25, -0.2) is 5.43 Å². The van der Waals surface area contributed by atoms with Crippen molar-refractivity contribution in [1.82, 2.24) is 10.4 Å². The zero-order valence-corrected chi connectivity index (χ0v) is 12.8. The minimum atomic E-state index is -0.0708. The number of hydrazine groups is 1. The highest BCUT2D eigenvalue weighted by molar-refractivity contribution is 9.10. The lowest BCUT2D eigenvalue weighted by atomic mass is 9.80. The monoisotopic (exact) mass is 331 g/mol. The third kappa shape index (κ3) is 2.77. The van der Waals surface area contributed by atoms with E-state index in [2.05, 4.69) is 50.6 Å². The molecule has 0 saturated heterocycles. The van der Waals surface area contributed by atoms with Crippen molar-refractivity contribution in [2.75, 3.05) is 0 Å². The smallest absolute Gasteiger partial charge is 0.0881 e. The second kappa shape index (κ2) is 6.04. The fraction of sp³-hybridized carbons (Fsp3) is 0.312. The predicted octanol–water partition coefficient (Wildman–Crippen LogP) is 3.66. The molecule has 1 fully saturated rings. The van der Waals surface area contributed by atoms with Gasteiger partial charge in [0.05, 0.1) is 11.7 Å². The number of benzene rings is 1. The Morgan fingerprint density at radius 3 is 2.40 bits per heavy atom. The Kier molecular flexibility index (Phi) is 4.15. The molecule has 0 amide bonds. The molecular weight excluding hydrogens is 314 g/mol. The number of hydrogen-bond acceptors (Lipinski definition) is 3. The van der Waals surface area contributed by atoms with Crippen LogP contribution in [0.25, 0.3) is 0 Å². The summed E-state index contributed by atoms with van der Waals surface area (Å²) in [7, 11) is 0. The van der Waals surface area contributed by atoms with Crippen molar-refractivity contribution in [3.63, 3.8) is 0 Å². The summed E-state index contributed by atoms with van der Waals surface area (Å²) in [6.07, 6.45) is 5.81. The Morgan fingerprint density at radius 1 is 1.15 bits per heavy atom. The van der Waals surface area contributed by atoms with E-state index in [1.165, 1.54) is 24.8 Å². The lowest BCUT2D eigenvalue weighted by Gasteiger charge is -2.26. The predicted molar refractivity (Wildman–Crippen MR) is 84.1 cm³/mol. The van der Waals surface area contributed by atoms with Crippen molar-refractivity contribution in [3.05, 3.63) is 63.9 Å². The van der Waals surface area contributed by atoms with Gasteiger partial charge < -0.3 is 0 Å². The van der Waals surface area contributed by atoms with E-state index >= 15 is 0 Å². The number of nitrogens with zero attached hydrogens (tertiary/aromatic N) is 1. The van der Waals surface area contributed by atoms with Crippen LogP contribution in [0.2, 0.25) is 0 Å². The molecule has 1 heterocycles. The average molecular weight is 332 g/mol. The third-order valence-electron chi connectivity index (χ3n) is 4.06. The van der Waals surface area contributed by atoms with E-state index < -0.39 is 0 Å². The molecule has 2 aromatic rings. The Bertz CT molecular complexity index is 561. The van der Waals surface area contributed by atoms with Gasteiger partial charge in [0.2, 0.25) is 0 Å². The van der Waals surface area contributed by atoms with E-state index in [0.717, 1.165) is 21.6 Å². The summed E-state index contributed by atoms with van der Waals surface area (Å²) in [5.41, 5.74) is 6.36. The molecule has 1 aliphatic rings. The van der Waals surface area contributed by atoms with Crippen LogP contribution in [0, 0.1) is 0 Å². The van der Waals surface area contributed by atoms with Gasteiger partial charge in [0.1, 0.15) is 0 Å². The van der Waals surface area contributed by atoms with Gasteiger partial charge in [0, 0.05) is 10.7 Å². The number of pyridine rings is 1. The number of nitrogens with one attached hydrogen (secondary N) is 1. The number of aromatic nitrogens is 1. The molecule has 3 nitrogen and oxygen atoms in total. The zero-order chi connectivity index (χ0) is 13.9. The van der Waals surface area contributed by atoms with E-state index in [-0.39, 0.29) is 6.04 Å². The first-order valence-corrected chi connectivity index (χ1v) is 7.74. The van der Waals surface area contributed by atoms with Crippen LogP contribution >= 0.6 is 15.9 Å². The molecule has 1 saturated carbocycles. The van der Waals surface area contributed by atoms with Crippen molar-refractivity contribution >= 4 is 15.9 Å². The number of nitrogens with two attached hydrogens (primary N) is 1. The molecular formula is C16H18BrN3. The average Bonchev–Trinajstić information content (AvgIpc) is 2.42. The summed E-state index contributed by atoms with van der Waals surface area (Å²) in [5.74, 6) is 6.47. The summed E-state index contributed by atoms with van der Waals surface area (Å²) in [4.78, 5) is 4.42. The van der Waals surface area contributed by atoms with Crippen LogP contribution in [0.5, 0.6) is 0 Å². The molecule has 104 valence electrons. The Morgan fingerprint density at radius 2 is 1.90 bits per heavy atom. The summed E-state index contributed by atoms with van der Waals surface area (Å²) < 4.78 is 0.970. The second-order valence-electron chi connectivity index (χ2n) is 5.30. The van der Waals surface area contributed by atoms with Gasteiger partial charge in [-0.05, 0) is 57.9 Å². The minimum absolute atomic E-state index is 0.0708. The van der Waals surface area contributed by atoms with E-state index in [1.807, 2.05) is 12.1 Å². The molecule has 0 radical (unpaired) electrons. The molecule has 20 heavy (non-hydrogen) atoms. The first-order chi connectivity index (χ1) is 9.78. The molecule has 3 rings (SSSR count). The molecule has 1 atom stereocenters. The normalized spacial score (nSPS) is 16.7. The third-order valence-corrected chi connectivity index (χ3v) is 4.53. The Balaban J connectivity index is 1.83. The lowest BCUT2D eigenvalue weighted by Crippen LogP contribution is -2.29. The van der Waals surface area contributed by atoms with Gasteiger partial charge >= 0.3 is 0 Å². The molecule has 1 aromatic heterocycles. The van der Waals surface area contributed by atoms with Crippen LogP contribution in [0.15, 0.2) is 47.1 Å². The molecule has 4 heteroatoms. The topological polar surface area (TPSA) is 50.9 Å². The molecule has 1 aromatic carbocycles. The highest BCUT2D eigenvalue weighted by Gasteiger charge is 2.20. The van der Waals surface area contributed by atoms with E-state index in [9.17, 15) is 0 Å². The van der Waals surface area contributed by atoms with Crippen molar-refractivity contribution < 1.29 is 0 Å². The van der Waals surface area contributed by atoms with Crippen molar-refractivity contribution in [2.24, 2.45) is 5.84 Å². The van der Waals surface area contributed by atoms with Gasteiger partial charge in [-0.3, -0.25) is 10.8 Å². The molecule has 0 bridgehead atoms. The van der Waals surface area contributed by atoms with Crippen molar-refractivity contribution in [2.45, 2.75) is 31.2 Å². The fourth-order valence-electron chi connectivity index (χ4n) is 2.61. The van der Waals surface area contributed by atoms with Crippen LogP contribution in [0.3, 0.4) is 0 Å². The van der Waals surface area contributed by atoms with Gasteiger partial charge in [-0.2, -0.15) is 0 Å². The van der Waals surface area contributed by atoms with Crippen LogP contribution in [-0.2, 0) is 0 Å². The maximum Gasteiger partial charge on any atom is 0.0881 e. The van der Waals surface area contributed by atoms with Crippen LogP contribution in [0.1, 0.15) is 48.0 Å². The molecule has 0 aliphatic heterocycles. The summed E-state index contributed by atoms with van der Waals surface area (Å²) >= 11 is 3.40. The van der Waals surface area contributed by atoms with Crippen LogP contribution in [-0.4, -0.2) is 4.98 Å². The molecule has 3 N–H and O–H groups in total. The molecule has 1 aliphatic carbocycles. The lowest BCUT2D eigenvalue weighted by molar-refractivity contribution is 0.419. The van der Waals surface area contributed by atoms with Gasteiger partial charge in [0.25, 0.3) is 0 Å². The zero-order valence-electron chi connectivity index (χ0n) is 11.2. The van der Waals surface area contributed by atoms with Crippen molar-refractivity contribution in [3.8, 4) is 0 Å². The SMILES string of the molecule is NNC(c1ccc(C2CCC2)cc1)c1ccc(Br)cn1. The standard InChI is InChI=1S/C16H18BrN3/c17-14-8-9-15(19-10-14)16(20-18)13-6-4-12(5-7-13)11-2-1-3-11/h4-11,16,20H,1-3,18H2. The van der Waals surface area contributed by atoms with Gasteiger partial charge in [-0.1, -0.05) is 30.7 Å². The Hall–Kier alpha value is -1.23. The first kappa shape index (κ1) is 13.7. The van der Waals surface area contributed by atoms with E-state index in [4.69, 9.17) is 5.84 Å². The largest absolute Gasteiger partial charge is 0.271 e. The quantitative estimate of drug-likeness (QED) is 0.664. The first-order valence-electron chi connectivity index (χ1n) is 6.95. The minimum Gasteiger partial charge on any atom is -0.271 e. The molecule has 1 unspecified atom stereocenters. The maximum atomic E-state index is 5.71. The highest BCUT2D eigenvalue weighted by Crippen LogP contribution is 2.36. The summed E-state index contributed by atoms with van der Waals surface area (Å²) in [5, 5.41) is 0. The summed E-state index contributed by atoms with van der Waals surface area (Å²) in [6, 6.07) is 12.6. The number of hydrogen-bond donors (Lipinski definition) is 2. The molecule has 0 spiro atoms. The summed E-state index contributed by atoms with van der Waals surface area (Å²) in [6.45, 7) is 0. The van der Waals surface area contributed by atoms with Gasteiger partial charge in [0.15, 0.2) is 0 Å². The highest BCUT2D eigenvalue weighted by atomic mass is 79.9. The Labute approximate surface area is 127 Å². The number of halogens is 1. The van der Waals surface area contributed by atoms with Crippen molar-refractivity contribution in [1.29, 1.82) is 0 Å². The maximum absolute atomic E-state index is 5.71. The van der Waals surface area contributed by atoms with Gasteiger partial charge in [-0.15, -0.1) is 0 Å². The second-order valence-corrected chi connectivity index (χ2v) is 6.21. The van der Waals surface area contributed by atoms with Crippen LogP contribution in [0.4, 0.5) is 0 Å². The number of rotatable bonds is 4.